The van der Waals surface area contributed by atoms with E-state index in [9.17, 15) is 33.7 Å². The summed E-state index contributed by atoms with van der Waals surface area (Å²) in [6, 6.07) is 16.1. The number of non-ortho nitro benzene ring substituents is 1. The molecule has 35 heavy (non-hydrogen) atoms. The summed E-state index contributed by atoms with van der Waals surface area (Å²) < 4.78 is 14.3. The second-order valence-corrected chi connectivity index (χ2v) is 7.52. The fourth-order valence-electron chi connectivity index (χ4n) is 3.60. The molecule has 1 fully saturated rings. The summed E-state index contributed by atoms with van der Waals surface area (Å²) in [5.41, 5.74) is 1.94. The zero-order valence-electron chi connectivity index (χ0n) is 18.0. The molecule has 1 N–H and O–H groups in total. The third-order valence-corrected chi connectivity index (χ3v) is 5.33. The van der Waals surface area contributed by atoms with Gasteiger partial charge < -0.3 is 0 Å². The van der Waals surface area contributed by atoms with E-state index in [4.69, 9.17) is 0 Å². The van der Waals surface area contributed by atoms with Crippen LogP contribution in [0.25, 0.3) is 0 Å². The Kier molecular flexibility index (Phi) is 6.32. The number of anilines is 1. The van der Waals surface area contributed by atoms with Crippen LogP contribution in [0.3, 0.4) is 0 Å². The number of benzene rings is 3. The number of rotatable bonds is 5. The lowest BCUT2D eigenvalue weighted by molar-refractivity contribution is -0.384. The van der Waals surface area contributed by atoms with Crippen molar-refractivity contribution in [3.05, 3.63) is 106 Å². The molecule has 1 aliphatic rings. The van der Waals surface area contributed by atoms with E-state index in [1.54, 1.807) is 18.2 Å². The lowest BCUT2D eigenvalue weighted by atomic mass is 10.1. The first kappa shape index (κ1) is 23.2. The molecule has 11 heteroatoms. The number of hydrogen-bond donors (Lipinski definition) is 1. The van der Waals surface area contributed by atoms with Crippen molar-refractivity contribution in [2.45, 2.75) is 12.5 Å². The number of amides is 4. The topological polar surface area (TPSA) is 130 Å². The molecular weight excluding hydrogens is 459 g/mol. The molecule has 4 rings (SSSR count). The average Bonchev–Trinajstić information content (AvgIpc) is 3.16. The fourth-order valence-corrected chi connectivity index (χ4v) is 3.60. The van der Waals surface area contributed by atoms with E-state index in [0.717, 1.165) is 23.2 Å². The standard InChI is InChI=1S/C24H17FN4O6/c25-18-8-4-5-9-19(18)27-21(30)14-20(24(27)33)28(23(32)16-6-2-1-3-7-16)26-22(31)15-10-12-17(13-11-15)29(34)35/h1-13,20H,14H2,(H,26,31). The average molecular weight is 476 g/mol. The fraction of sp³-hybridized carbons (Fsp3) is 0.0833. The van der Waals surface area contributed by atoms with Crippen LogP contribution in [0.4, 0.5) is 15.8 Å². The number of nitro benzene ring substituents is 1. The lowest BCUT2D eigenvalue weighted by Gasteiger charge is -2.28. The highest BCUT2D eigenvalue weighted by molar-refractivity contribution is 6.23. The Bertz CT molecular complexity index is 1330. The minimum Gasteiger partial charge on any atom is -0.274 e. The molecule has 1 atom stereocenters. The van der Waals surface area contributed by atoms with Gasteiger partial charge in [0, 0.05) is 23.3 Å². The highest BCUT2D eigenvalue weighted by Gasteiger charge is 2.46. The first-order valence-electron chi connectivity index (χ1n) is 10.3. The first-order chi connectivity index (χ1) is 16.8. The summed E-state index contributed by atoms with van der Waals surface area (Å²) in [6.07, 6.45) is -0.494. The predicted octanol–water partition coefficient (Wildman–Crippen LogP) is 2.85. The lowest BCUT2D eigenvalue weighted by Crippen LogP contribution is -2.54. The van der Waals surface area contributed by atoms with Crippen molar-refractivity contribution in [2.75, 3.05) is 4.90 Å². The third kappa shape index (κ3) is 4.60. The summed E-state index contributed by atoms with van der Waals surface area (Å²) in [6.45, 7) is 0. The Morgan fingerprint density at radius 1 is 0.943 bits per heavy atom. The van der Waals surface area contributed by atoms with E-state index in [1.807, 2.05) is 0 Å². The van der Waals surface area contributed by atoms with Crippen molar-refractivity contribution in [1.29, 1.82) is 0 Å². The van der Waals surface area contributed by atoms with Crippen LogP contribution in [0.5, 0.6) is 0 Å². The van der Waals surface area contributed by atoms with Crippen molar-refractivity contribution < 1.29 is 28.5 Å². The molecule has 0 aliphatic carbocycles. The molecule has 0 bridgehead atoms. The maximum Gasteiger partial charge on any atom is 0.273 e. The van der Waals surface area contributed by atoms with Gasteiger partial charge in [-0.15, -0.1) is 0 Å². The van der Waals surface area contributed by atoms with Crippen molar-refractivity contribution in [2.24, 2.45) is 0 Å². The monoisotopic (exact) mass is 476 g/mol. The van der Waals surface area contributed by atoms with Crippen LogP contribution >= 0.6 is 0 Å². The van der Waals surface area contributed by atoms with Gasteiger partial charge in [0.2, 0.25) is 5.91 Å². The number of hydrazine groups is 1. The second-order valence-electron chi connectivity index (χ2n) is 7.52. The Balaban J connectivity index is 1.67. The Morgan fingerprint density at radius 3 is 2.20 bits per heavy atom. The van der Waals surface area contributed by atoms with Gasteiger partial charge >= 0.3 is 0 Å². The molecule has 3 aromatic carbocycles. The molecule has 4 amide bonds. The van der Waals surface area contributed by atoms with E-state index in [0.29, 0.717) is 4.90 Å². The molecule has 0 saturated carbocycles. The van der Waals surface area contributed by atoms with Crippen LogP contribution in [-0.2, 0) is 9.59 Å². The van der Waals surface area contributed by atoms with Crippen LogP contribution in [0.1, 0.15) is 27.1 Å². The number of halogens is 1. The Morgan fingerprint density at radius 2 is 1.57 bits per heavy atom. The smallest absolute Gasteiger partial charge is 0.273 e. The van der Waals surface area contributed by atoms with Gasteiger partial charge in [0.05, 0.1) is 17.0 Å². The maximum atomic E-state index is 14.3. The van der Waals surface area contributed by atoms with Crippen LogP contribution in [0.2, 0.25) is 0 Å². The van der Waals surface area contributed by atoms with E-state index in [2.05, 4.69) is 5.43 Å². The van der Waals surface area contributed by atoms with Gasteiger partial charge in [-0.1, -0.05) is 30.3 Å². The molecule has 0 aromatic heterocycles. The molecule has 1 saturated heterocycles. The van der Waals surface area contributed by atoms with Crippen molar-refractivity contribution in [3.63, 3.8) is 0 Å². The SMILES string of the molecule is O=C(NN(C(=O)c1ccccc1)C1CC(=O)N(c2ccccc2F)C1=O)c1ccc([N+](=O)[O-])cc1. The zero-order chi connectivity index (χ0) is 25.1. The molecule has 10 nitrogen and oxygen atoms in total. The number of nitro groups is 1. The number of para-hydroxylation sites is 1. The molecule has 176 valence electrons. The van der Waals surface area contributed by atoms with Crippen LogP contribution in [-0.4, -0.2) is 39.6 Å². The molecule has 1 unspecified atom stereocenters. The summed E-state index contributed by atoms with van der Waals surface area (Å²) in [7, 11) is 0. The first-order valence-corrected chi connectivity index (χ1v) is 10.3. The molecular formula is C24H17FN4O6. The summed E-state index contributed by atoms with van der Waals surface area (Å²) in [5.74, 6) is -4.06. The zero-order valence-corrected chi connectivity index (χ0v) is 18.0. The summed E-state index contributed by atoms with van der Waals surface area (Å²) in [5, 5.41) is 11.6. The number of carbonyl (C=O) groups excluding carboxylic acids is 4. The van der Waals surface area contributed by atoms with Crippen molar-refractivity contribution >= 4 is 35.0 Å². The molecule has 0 radical (unpaired) electrons. The van der Waals surface area contributed by atoms with E-state index < -0.39 is 46.8 Å². The van der Waals surface area contributed by atoms with Crippen LogP contribution in [0.15, 0.2) is 78.9 Å². The van der Waals surface area contributed by atoms with Crippen LogP contribution in [0, 0.1) is 15.9 Å². The molecule has 3 aromatic rings. The van der Waals surface area contributed by atoms with E-state index in [-0.39, 0.29) is 22.5 Å². The highest BCUT2D eigenvalue weighted by atomic mass is 19.1. The molecule has 0 spiro atoms. The van der Waals surface area contributed by atoms with Gasteiger partial charge in [-0.05, 0) is 36.4 Å². The van der Waals surface area contributed by atoms with Gasteiger partial charge in [-0.3, -0.25) is 34.7 Å². The van der Waals surface area contributed by atoms with Gasteiger partial charge in [0.15, 0.2) is 0 Å². The second kappa shape index (κ2) is 9.51. The van der Waals surface area contributed by atoms with Gasteiger partial charge in [0.1, 0.15) is 11.9 Å². The third-order valence-electron chi connectivity index (χ3n) is 5.33. The van der Waals surface area contributed by atoms with Gasteiger partial charge in [-0.25, -0.2) is 14.3 Å². The number of imide groups is 1. The minimum atomic E-state index is -1.45. The van der Waals surface area contributed by atoms with Gasteiger partial charge in [-0.2, -0.15) is 0 Å². The number of nitrogens with zero attached hydrogens (tertiary/aromatic N) is 3. The van der Waals surface area contributed by atoms with E-state index >= 15 is 0 Å². The maximum absolute atomic E-state index is 14.3. The van der Waals surface area contributed by atoms with E-state index in [1.165, 1.54) is 42.5 Å². The summed E-state index contributed by atoms with van der Waals surface area (Å²) in [4.78, 5) is 62.9. The van der Waals surface area contributed by atoms with Crippen LogP contribution < -0.4 is 10.3 Å². The number of carbonyl (C=O) groups is 4. The van der Waals surface area contributed by atoms with Crippen molar-refractivity contribution in [3.8, 4) is 0 Å². The number of hydrogen-bond acceptors (Lipinski definition) is 6. The predicted molar refractivity (Wildman–Crippen MR) is 120 cm³/mol. The van der Waals surface area contributed by atoms with Gasteiger partial charge in [0.25, 0.3) is 23.4 Å². The number of nitrogens with one attached hydrogen (secondary N) is 1. The quantitative estimate of drug-likeness (QED) is 0.342. The molecule has 1 heterocycles. The highest BCUT2D eigenvalue weighted by Crippen LogP contribution is 2.28. The molecule has 1 aliphatic heterocycles. The largest absolute Gasteiger partial charge is 0.274 e. The van der Waals surface area contributed by atoms with Crippen molar-refractivity contribution in [1.82, 2.24) is 10.4 Å². The minimum absolute atomic E-state index is 0.0239. The Labute approximate surface area is 197 Å². The normalized spacial score (nSPS) is 15.1. The summed E-state index contributed by atoms with van der Waals surface area (Å²) >= 11 is 0. The Hall–Kier alpha value is -4.93.